The van der Waals surface area contributed by atoms with Crippen molar-refractivity contribution in [3.8, 4) is 5.75 Å². The van der Waals surface area contributed by atoms with Gasteiger partial charge in [0.1, 0.15) is 5.75 Å². The minimum atomic E-state index is -0.217. The second-order valence-electron chi connectivity index (χ2n) is 6.32. The molecule has 4 heteroatoms. The first-order valence-corrected chi connectivity index (χ1v) is 7.62. The van der Waals surface area contributed by atoms with Gasteiger partial charge in [-0.1, -0.05) is 6.92 Å². The lowest BCUT2D eigenvalue weighted by Gasteiger charge is -2.20. The third kappa shape index (κ3) is 2.93. The Bertz CT molecular complexity index is 524. The number of hydrogen-bond donors (Lipinski definition) is 3. The van der Waals surface area contributed by atoms with Crippen LogP contribution in [0.2, 0.25) is 0 Å². The number of benzene rings is 1. The highest BCUT2D eigenvalue weighted by Crippen LogP contribution is 2.45. The molecule has 0 fully saturated rings. The number of hydrogen-bond acceptors (Lipinski definition) is 4. The Hall–Kier alpha value is -1.10. The van der Waals surface area contributed by atoms with E-state index in [9.17, 15) is 15.3 Å². The molecule has 0 heterocycles. The lowest BCUT2D eigenvalue weighted by molar-refractivity contribution is 0.131. The molecule has 1 aliphatic rings. The van der Waals surface area contributed by atoms with E-state index in [1.807, 2.05) is 20.8 Å². The molecule has 0 amide bonds. The summed E-state index contributed by atoms with van der Waals surface area (Å²) in [6.07, 6.45) is 1.95. The van der Waals surface area contributed by atoms with Gasteiger partial charge in [-0.2, -0.15) is 0 Å². The first kappa shape index (κ1) is 16.3. The third-order valence-corrected chi connectivity index (χ3v) is 4.59. The highest BCUT2D eigenvalue weighted by molar-refractivity contribution is 5.57. The Morgan fingerprint density at radius 2 is 1.81 bits per heavy atom. The Morgan fingerprint density at radius 3 is 2.38 bits per heavy atom. The number of aromatic hydroxyl groups is 1. The van der Waals surface area contributed by atoms with Crippen LogP contribution in [-0.4, -0.2) is 35.1 Å². The largest absolute Gasteiger partial charge is 0.507 e. The zero-order valence-corrected chi connectivity index (χ0v) is 13.2. The van der Waals surface area contributed by atoms with Gasteiger partial charge in [0.15, 0.2) is 0 Å². The van der Waals surface area contributed by atoms with Crippen LogP contribution in [0.3, 0.4) is 0 Å². The second kappa shape index (κ2) is 6.34. The van der Waals surface area contributed by atoms with E-state index in [0.717, 1.165) is 34.2 Å². The molecule has 1 aromatic carbocycles. The number of aliphatic hydroxyl groups is 2. The van der Waals surface area contributed by atoms with Gasteiger partial charge in [0.2, 0.25) is 0 Å². The fraction of sp³-hybridized carbons (Fsp3) is 0.647. The SMILES string of the molecule is CCOCc1c(CCO)c(C)c(O)c2c1CC(C)(CO)C2. The van der Waals surface area contributed by atoms with Crippen molar-refractivity contribution in [1.82, 2.24) is 0 Å². The number of rotatable bonds is 6. The fourth-order valence-corrected chi connectivity index (χ4v) is 3.36. The molecule has 0 saturated heterocycles. The van der Waals surface area contributed by atoms with Crippen LogP contribution >= 0.6 is 0 Å². The van der Waals surface area contributed by atoms with Crippen molar-refractivity contribution >= 4 is 0 Å². The number of aliphatic hydroxyl groups excluding tert-OH is 2. The van der Waals surface area contributed by atoms with E-state index in [-0.39, 0.29) is 18.6 Å². The van der Waals surface area contributed by atoms with Crippen LogP contribution in [0.4, 0.5) is 0 Å². The highest BCUT2D eigenvalue weighted by Gasteiger charge is 2.37. The normalized spacial score (nSPS) is 20.8. The summed E-state index contributed by atoms with van der Waals surface area (Å²) in [5.74, 6) is 0.325. The Balaban J connectivity index is 2.56. The lowest BCUT2D eigenvalue weighted by Crippen LogP contribution is -2.21. The van der Waals surface area contributed by atoms with Gasteiger partial charge in [-0.3, -0.25) is 0 Å². The maximum Gasteiger partial charge on any atom is 0.122 e. The molecule has 1 atom stereocenters. The van der Waals surface area contributed by atoms with Gasteiger partial charge >= 0.3 is 0 Å². The van der Waals surface area contributed by atoms with Crippen molar-refractivity contribution in [2.45, 2.75) is 46.6 Å². The zero-order chi connectivity index (χ0) is 15.6. The summed E-state index contributed by atoms with van der Waals surface area (Å²) in [5.41, 5.74) is 4.75. The van der Waals surface area contributed by atoms with Crippen molar-refractivity contribution in [2.75, 3.05) is 19.8 Å². The second-order valence-corrected chi connectivity index (χ2v) is 6.32. The molecule has 1 aliphatic carbocycles. The van der Waals surface area contributed by atoms with Crippen LogP contribution < -0.4 is 0 Å². The molecule has 3 N–H and O–H groups in total. The fourth-order valence-electron chi connectivity index (χ4n) is 3.36. The summed E-state index contributed by atoms with van der Waals surface area (Å²) in [4.78, 5) is 0. The summed E-state index contributed by atoms with van der Waals surface area (Å²) in [7, 11) is 0. The smallest absolute Gasteiger partial charge is 0.122 e. The van der Waals surface area contributed by atoms with Gasteiger partial charge in [0.25, 0.3) is 0 Å². The van der Waals surface area contributed by atoms with E-state index in [1.165, 1.54) is 0 Å². The van der Waals surface area contributed by atoms with E-state index in [0.29, 0.717) is 31.8 Å². The van der Waals surface area contributed by atoms with Gasteiger partial charge < -0.3 is 20.1 Å². The highest BCUT2D eigenvalue weighted by atomic mass is 16.5. The summed E-state index contributed by atoms with van der Waals surface area (Å²) in [6.45, 7) is 7.17. The third-order valence-electron chi connectivity index (χ3n) is 4.59. The quantitative estimate of drug-likeness (QED) is 0.749. The monoisotopic (exact) mass is 294 g/mol. The van der Waals surface area contributed by atoms with Crippen molar-refractivity contribution in [3.05, 3.63) is 27.8 Å². The van der Waals surface area contributed by atoms with Crippen LogP contribution in [0.5, 0.6) is 5.75 Å². The predicted molar refractivity (Wildman–Crippen MR) is 81.6 cm³/mol. The van der Waals surface area contributed by atoms with Crippen LogP contribution in [-0.2, 0) is 30.6 Å². The summed E-state index contributed by atoms with van der Waals surface area (Å²) >= 11 is 0. The van der Waals surface area contributed by atoms with Gasteiger partial charge in [0, 0.05) is 19.8 Å². The van der Waals surface area contributed by atoms with E-state index < -0.39 is 0 Å². The first-order valence-electron chi connectivity index (χ1n) is 7.62. The molecule has 4 nitrogen and oxygen atoms in total. The average molecular weight is 294 g/mol. The van der Waals surface area contributed by atoms with Crippen molar-refractivity contribution in [3.63, 3.8) is 0 Å². The molecule has 1 aromatic rings. The number of phenolic OH excluding ortho intramolecular Hbond substituents is 1. The predicted octanol–water partition coefficient (Wildman–Crippen LogP) is 1.87. The van der Waals surface area contributed by atoms with Crippen molar-refractivity contribution in [1.29, 1.82) is 0 Å². The lowest BCUT2D eigenvalue weighted by atomic mass is 9.88. The van der Waals surface area contributed by atoms with Crippen LogP contribution in [0.1, 0.15) is 41.7 Å². The molecule has 2 rings (SSSR count). The van der Waals surface area contributed by atoms with Crippen LogP contribution in [0.25, 0.3) is 0 Å². The molecule has 0 spiro atoms. The minimum absolute atomic E-state index is 0.0511. The summed E-state index contributed by atoms with van der Waals surface area (Å²) < 4.78 is 5.60. The van der Waals surface area contributed by atoms with Crippen LogP contribution in [0.15, 0.2) is 0 Å². The molecule has 21 heavy (non-hydrogen) atoms. The van der Waals surface area contributed by atoms with Crippen LogP contribution in [0, 0.1) is 12.3 Å². The molecule has 1 unspecified atom stereocenters. The Labute approximate surface area is 126 Å². The van der Waals surface area contributed by atoms with Gasteiger partial charge in [0.05, 0.1) is 6.61 Å². The molecule has 0 saturated carbocycles. The Morgan fingerprint density at radius 1 is 1.14 bits per heavy atom. The van der Waals surface area contributed by atoms with E-state index in [4.69, 9.17) is 4.74 Å². The van der Waals surface area contributed by atoms with E-state index in [1.54, 1.807) is 0 Å². The molecular formula is C17H26O4. The molecule has 0 aromatic heterocycles. The molecule has 0 bridgehead atoms. The molecule has 0 radical (unpaired) electrons. The van der Waals surface area contributed by atoms with E-state index >= 15 is 0 Å². The summed E-state index contributed by atoms with van der Waals surface area (Å²) in [6, 6.07) is 0. The molecule has 0 aliphatic heterocycles. The standard InChI is InChI=1S/C17H26O4/c1-4-21-9-15-12(5-6-18)11(2)16(20)14-8-17(3,10-19)7-13(14)15/h18-20H,4-10H2,1-3H3. The number of ether oxygens (including phenoxy) is 1. The maximum atomic E-state index is 10.5. The topological polar surface area (TPSA) is 69.9 Å². The van der Waals surface area contributed by atoms with Crippen molar-refractivity contribution < 1.29 is 20.1 Å². The minimum Gasteiger partial charge on any atom is -0.507 e. The van der Waals surface area contributed by atoms with Gasteiger partial charge in [-0.15, -0.1) is 0 Å². The van der Waals surface area contributed by atoms with Gasteiger partial charge in [-0.05, 0) is 66.3 Å². The first-order chi connectivity index (χ1) is 9.97. The number of phenols is 1. The van der Waals surface area contributed by atoms with Gasteiger partial charge in [-0.25, -0.2) is 0 Å². The van der Waals surface area contributed by atoms with Crippen molar-refractivity contribution in [2.24, 2.45) is 5.41 Å². The molecule has 118 valence electrons. The Kier molecular flexibility index (Phi) is 4.91. The average Bonchev–Trinajstić information content (AvgIpc) is 2.83. The summed E-state index contributed by atoms with van der Waals surface area (Å²) in [5, 5.41) is 29.5. The number of fused-ring (bicyclic) bond motifs is 1. The molecular weight excluding hydrogens is 268 g/mol. The van der Waals surface area contributed by atoms with E-state index in [2.05, 4.69) is 0 Å². The maximum absolute atomic E-state index is 10.5. The zero-order valence-electron chi connectivity index (χ0n) is 13.2.